The van der Waals surface area contributed by atoms with E-state index in [4.69, 9.17) is 23.6 Å². The highest BCUT2D eigenvalue weighted by Gasteiger charge is 2.26. The van der Waals surface area contributed by atoms with Crippen LogP contribution in [0.5, 0.6) is 0 Å². The molecule has 0 aromatic heterocycles. The van der Waals surface area contributed by atoms with Gasteiger partial charge in [-0.15, -0.1) is 0 Å². The molecule has 0 rings (SSSR count). The lowest BCUT2D eigenvalue weighted by molar-refractivity contribution is -0.154. The quantitative estimate of drug-likeness (QED) is 0.0240. The Balaban J connectivity index is 4.21. The molecule has 3 N–H and O–H groups in total. The second-order valence-corrected chi connectivity index (χ2v) is 15.8. The standard InChI is InChI=1S/C44H81O9P/c1-3-5-7-9-11-13-15-17-19-21-22-24-26-28-30-32-34-36-44(47)53-43(41-52-54(48,49)51-39-42(46)38-45)40-50-37-35-33-31-29-27-25-23-20-18-16-14-12-10-8-6-4-2/h5,7,11,13,17,19,22,24,42-43,45-46H,3-4,6,8-10,12,14-16,18,20-21,23,25-41H2,1-2H3,(H,48,49)/b7-5-,13-11-,19-17-,24-22-. The number of hydrogen-bond donors (Lipinski definition) is 3. The lowest BCUT2D eigenvalue weighted by Crippen LogP contribution is -2.29. The summed E-state index contributed by atoms with van der Waals surface area (Å²) in [5, 5.41) is 18.3. The highest BCUT2D eigenvalue weighted by molar-refractivity contribution is 7.47. The molecule has 3 unspecified atom stereocenters. The molecule has 0 amide bonds. The van der Waals surface area contributed by atoms with E-state index in [1.165, 1.54) is 83.5 Å². The van der Waals surface area contributed by atoms with Crippen molar-refractivity contribution in [3.63, 3.8) is 0 Å². The van der Waals surface area contributed by atoms with E-state index in [1.807, 2.05) is 0 Å². The summed E-state index contributed by atoms with van der Waals surface area (Å²) in [6.07, 6.45) is 44.9. The summed E-state index contributed by atoms with van der Waals surface area (Å²) in [4.78, 5) is 22.6. The Morgan fingerprint density at radius 2 is 1.06 bits per heavy atom. The molecule has 0 radical (unpaired) electrons. The third-order valence-electron chi connectivity index (χ3n) is 9.03. The molecule has 0 aliphatic carbocycles. The monoisotopic (exact) mass is 785 g/mol. The van der Waals surface area contributed by atoms with Crippen molar-refractivity contribution < 1.29 is 43.0 Å². The minimum atomic E-state index is -4.52. The third-order valence-corrected chi connectivity index (χ3v) is 9.98. The average molecular weight is 785 g/mol. The van der Waals surface area contributed by atoms with E-state index < -0.39 is 39.2 Å². The maximum absolute atomic E-state index is 12.6. The van der Waals surface area contributed by atoms with Crippen molar-refractivity contribution >= 4 is 13.8 Å². The summed E-state index contributed by atoms with van der Waals surface area (Å²) >= 11 is 0. The Bertz CT molecular complexity index is 981. The van der Waals surface area contributed by atoms with Gasteiger partial charge < -0.3 is 24.6 Å². The van der Waals surface area contributed by atoms with E-state index in [2.05, 4.69) is 62.5 Å². The number of carbonyl (C=O) groups excluding carboxylic acids is 1. The van der Waals surface area contributed by atoms with Crippen LogP contribution in [0.4, 0.5) is 0 Å². The van der Waals surface area contributed by atoms with E-state index in [0.717, 1.165) is 70.6 Å². The zero-order chi connectivity index (χ0) is 39.6. The summed E-state index contributed by atoms with van der Waals surface area (Å²) in [6, 6.07) is 0. The first-order valence-electron chi connectivity index (χ1n) is 21.6. The number of ether oxygens (including phenoxy) is 2. The average Bonchev–Trinajstić information content (AvgIpc) is 3.16. The molecule has 0 fully saturated rings. The van der Waals surface area contributed by atoms with Gasteiger partial charge in [-0.3, -0.25) is 13.8 Å². The number of phosphoric acid groups is 1. The third kappa shape index (κ3) is 40.1. The zero-order valence-corrected chi connectivity index (χ0v) is 35.3. The van der Waals surface area contributed by atoms with Gasteiger partial charge in [0.1, 0.15) is 12.2 Å². The summed E-state index contributed by atoms with van der Waals surface area (Å²) in [5.74, 6) is -0.405. The Hall–Kier alpha value is -1.58. The number of aliphatic hydroxyl groups excluding tert-OH is 2. The van der Waals surface area contributed by atoms with E-state index >= 15 is 0 Å². The van der Waals surface area contributed by atoms with Crippen LogP contribution >= 0.6 is 7.82 Å². The molecule has 0 saturated heterocycles. The van der Waals surface area contributed by atoms with Gasteiger partial charge >= 0.3 is 13.8 Å². The maximum atomic E-state index is 12.6. The molecule has 10 heteroatoms. The summed E-state index contributed by atoms with van der Waals surface area (Å²) < 4.78 is 33.3. The fourth-order valence-electron chi connectivity index (χ4n) is 5.76. The molecule has 9 nitrogen and oxygen atoms in total. The molecule has 0 aromatic carbocycles. The first kappa shape index (κ1) is 52.4. The van der Waals surface area contributed by atoms with Crippen LogP contribution in [-0.4, -0.2) is 66.3 Å². The molecule has 3 atom stereocenters. The summed E-state index contributed by atoms with van der Waals surface area (Å²) in [5.41, 5.74) is 0. The van der Waals surface area contributed by atoms with E-state index in [9.17, 15) is 19.4 Å². The van der Waals surface area contributed by atoms with Crippen molar-refractivity contribution in [2.45, 2.75) is 193 Å². The molecule has 54 heavy (non-hydrogen) atoms. The van der Waals surface area contributed by atoms with E-state index in [-0.39, 0.29) is 19.6 Å². The van der Waals surface area contributed by atoms with Crippen molar-refractivity contribution in [1.29, 1.82) is 0 Å². The molecule has 0 aromatic rings. The molecular weight excluding hydrogens is 703 g/mol. The van der Waals surface area contributed by atoms with Crippen molar-refractivity contribution in [3.8, 4) is 0 Å². The zero-order valence-electron chi connectivity index (χ0n) is 34.4. The number of carbonyl (C=O) groups is 1. The highest BCUT2D eigenvalue weighted by atomic mass is 31.2. The van der Waals surface area contributed by atoms with E-state index in [1.54, 1.807) is 0 Å². The molecular formula is C44H81O9P. The number of rotatable bonds is 41. The lowest BCUT2D eigenvalue weighted by Gasteiger charge is -2.20. The number of allylic oxidation sites excluding steroid dienone is 8. The first-order chi connectivity index (χ1) is 26.3. The van der Waals surface area contributed by atoms with Crippen LogP contribution in [0, 0.1) is 0 Å². The summed E-state index contributed by atoms with van der Waals surface area (Å²) in [7, 11) is -4.52. The second-order valence-electron chi connectivity index (χ2n) is 14.3. The lowest BCUT2D eigenvalue weighted by atomic mass is 10.0. The van der Waals surface area contributed by atoms with Crippen molar-refractivity contribution in [1.82, 2.24) is 0 Å². The topological polar surface area (TPSA) is 132 Å². The molecule has 0 saturated carbocycles. The van der Waals surface area contributed by atoms with Gasteiger partial charge in [0.2, 0.25) is 0 Å². The predicted octanol–water partition coefficient (Wildman–Crippen LogP) is 11.8. The highest BCUT2D eigenvalue weighted by Crippen LogP contribution is 2.43. The van der Waals surface area contributed by atoms with Gasteiger partial charge in [-0.2, -0.15) is 0 Å². The number of hydrogen-bond acceptors (Lipinski definition) is 8. The number of unbranched alkanes of at least 4 members (excludes halogenated alkanes) is 19. The van der Waals surface area contributed by atoms with Gasteiger partial charge in [-0.1, -0.05) is 172 Å². The summed E-state index contributed by atoms with van der Waals surface area (Å²) in [6.45, 7) is 3.38. The van der Waals surface area contributed by atoms with E-state index in [0.29, 0.717) is 13.0 Å². The van der Waals surface area contributed by atoms with Crippen LogP contribution in [-0.2, 0) is 27.9 Å². The Kier molecular flexibility index (Phi) is 39.9. The van der Waals surface area contributed by atoms with Crippen LogP contribution in [0.3, 0.4) is 0 Å². The van der Waals surface area contributed by atoms with Gasteiger partial charge in [0.05, 0.1) is 26.4 Å². The van der Waals surface area contributed by atoms with Crippen LogP contribution in [0.2, 0.25) is 0 Å². The predicted molar refractivity (Wildman–Crippen MR) is 223 cm³/mol. The van der Waals surface area contributed by atoms with Crippen LogP contribution < -0.4 is 0 Å². The van der Waals surface area contributed by atoms with Crippen molar-refractivity contribution in [2.24, 2.45) is 0 Å². The Morgan fingerprint density at radius 3 is 1.59 bits per heavy atom. The molecule has 0 bridgehead atoms. The fourth-order valence-corrected chi connectivity index (χ4v) is 6.55. The molecule has 316 valence electrons. The van der Waals surface area contributed by atoms with Crippen LogP contribution in [0.15, 0.2) is 48.6 Å². The molecule has 0 heterocycles. The van der Waals surface area contributed by atoms with Crippen molar-refractivity contribution in [2.75, 3.05) is 33.0 Å². The first-order valence-corrected chi connectivity index (χ1v) is 23.1. The molecule has 0 spiro atoms. The minimum Gasteiger partial charge on any atom is -0.457 e. The normalized spacial score (nSPS) is 14.5. The van der Waals surface area contributed by atoms with Crippen molar-refractivity contribution in [3.05, 3.63) is 48.6 Å². The van der Waals surface area contributed by atoms with Gasteiger partial charge in [0.25, 0.3) is 0 Å². The SMILES string of the molecule is CC/C=C\C/C=C\C/C=C\C/C=C\CCCCCCC(=O)OC(COCCCCCCCCCCCCCCCCCC)COP(=O)(O)OCC(O)CO. The van der Waals surface area contributed by atoms with Crippen LogP contribution in [0.25, 0.3) is 0 Å². The Morgan fingerprint density at radius 1 is 0.593 bits per heavy atom. The number of aliphatic hydroxyl groups is 2. The minimum absolute atomic E-state index is 0.0403. The van der Waals surface area contributed by atoms with Crippen LogP contribution in [0.1, 0.15) is 181 Å². The number of esters is 1. The van der Waals surface area contributed by atoms with Gasteiger partial charge in [-0.05, 0) is 51.4 Å². The largest absolute Gasteiger partial charge is 0.472 e. The second kappa shape index (κ2) is 41.1. The maximum Gasteiger partial charge on any atom is 0.472 e. The van der Waals surface area contributed by atoms with Gasteiger partial charge in [0.15, 0.2) is 0 Å². The fraction of sp³-hybridized carbons (Fsp3) is 0.795. The van der Waals surface area contributed by atoms with Gasteiger partial charge in [-0.25, -0.2) is 4.57 Å². The smallest absolute Gasteiger partial charge is 0.457 e. The van der Waals surface area contributed by atoms with Gasteiger partial charge in [0, 0.05) is 13.0 Å². The molecule has 0 aliphatic rings. The molecule has 0 aliphatic heterocycles. The number of phosphoric ester groups is 1. The Labute approximate surface area is 330 Å².